The zero-order valence-electron chi connectivity index (χ0n) is 14.9. The Kier molecular flexibility index (Phi) is 7.60. The van der Waals surface area contributed by atoms with Gasteiger partial charge in [-0.05, 0) is 35.6 Å². The van der Waals surface area contributed by atoms with Crippen LogP contribution in [0.15, 0.2) is 48.5 Å². The lowest BCUT2D eigenvalue weighted by Gasteiger charge is -2.16. The molecule has 5 heteroatoms. The second kappa shape index (κ2) is 9.93. The summed E-state index contributed by atoms with van der Waals surface area (Å²) in [6.07, 6.45) is 1.05. The zero-order chi connectivity index (χ0) is 18.1. The summed E-state index contributed by atoms with van der Waals surface area (Å²) in [7, 11) is 0. The van der Waals surface area contributed by atoms with E-state index < -0.39 is 6.04 Å². The number of hydrogen-bond donors (Lipinski definition) is 3. The van der Waals surface area contributed by atoms with Crippen LogP contribution in [-0.2, 0) is 22.6 Å². The van der Waals surface area contributed by atoms with Crippen molar-refractivity contribution in [2.75, 3.05) is 13.2 Å². The number of aryl methyl sites for hydroxylation is 1. The van der Waals surface area contributed by atoms with Gasteiger partial charge in [0.15, 0.2) is 0 Å². The third-order valence-electron chi connectivity index (χ3n) is 4.07. The molecular formula is C20H27N3O2. The third-order valence-corrected chi connectivity index (χ3v) is 4.07. The molecule has 4 N–H and O–H groups in total. The molecule has 0 saturated heterocycles. The number of rotatable bonds is 9. The number of nitrogens with two attached hydrogens (primary N) is 1. The smallest absolute Gasteiger partial charge is 0.261 e. The lowest BCUT2D eigenvalue weighted by atomic mass is 10.0. The normalized spacial score (nSPS) is 12.0. The van der Waals surface area contributed by atoms with Gasteiger partial charge >= 0.3 is 0 Å². The summed E-state index contributed by atoms with van der Waals surface area (Å²) in [5.41, 5.74) is 12.8. The van der Waals surface area contributed by atoms with Gasteiger partial charge < -0.3 is 11.1 Å². The molecule has 0 heterocycles. The van der Waals surface area contributed by atoms with E-state index in [4.69, 9.17) is 10.6 Å². The molecule has 134 valence electrons. The molecule has 2 aromatic carbocycles. The van der Waals surface area contributed by atoms with Gasteiger partial charge in [0.25, 0.3) is 5.91 Å². The third kappa shape index (κ3) is 5.67. The Labute approximate surface area is 149 Å². The molecule has 0 spiro atoms. The van der Waals surface area contributed by atoms with E-state index in [0.29, 0.717) is 13.2 Å². The van der Waals surface area contributed by atoms with E-state index in [9.17, 15) is 4.79 Å². The average molecular weight is 341 g/mol. The summed E-state index contributed by atoms with van der Waals surface area (Å²) in [6, 6.07) is 16.4. The van der Waals surface area contributed by atoms with E-state index in [1.807, 2.05) is 6.92 Å². The number of carbonyl (C=O) groups is 1. The Morgan fingerprint density at radius 1 is 1.00 bits per heavy atom. The lowest BCUT2D eigenvalue weighted by Crippen LogP contribution is -2.48. The van der Waals surface area contributed by atoms with E-state index in [1.54, 1.807) is 0 Å². The molecule has 25 heavy (non-hydrogen) atoms. The minimum Gasteiger partial charge on any atom is -0.328 e. The summed E-state index contributed by atoms with van der Waals surface area (Å²) in [5.74, 6) is -0.253. The fourth-order valence-corrected chi connectivity index (χ4v) is 2.49. The van der Waals surface area contributed by atoms with E-state index in [2.05, 4.69) is 66.3 Å². The van der Waals surface area contributed by atoms with Gasteiger partial charge in [-0.15, -0.1) is 0 Å². The molecule has 1 amide bonds. The first-order valence-electron chi connectivity index (χ1n) is 8.71. The van der Waals surface area contributed by atoms with Gasteiger partial charge in [-0.2, -0.15) is 0 Å². The standard InChI is InChI=1S/C20H27N3O2/c1-3-15-5-9-17(10-6-15)18-11-7-16(8-12-18)14-22-19(13-21)20(24)23-25-4-2/h5-12,19,22H,3-4,13-14,21H2,1-2H3,(H,23,24)/t19-/m0/s1. The van der Waals surface area contributed by atoms with Gasteiger partial charge in [0.2, 0.25) is 0 Å². The van der Waals surface area contributed by atoms with Crippen LogP contribution in [0.3, 0.4) is 0 Å². The van der Waals surface area contributed by atoms with E-state index in [0.717, 1.165) is 12.0 Å². The van der Waals surface area contributed by atoms with Crippen LogP contribution in [0.5, 0.6) is 0 Å². The molecular weight excluding hydrogens is 314 g/mol. The van der Waals surface area contributed by atoms with Gasteiger partial charge in [0.05, 0.1) is 6.61 Å². The van der Waals surface area contributed by atoms with Gasteiger partial charge in [-0.3, -0.25) is 9.63 Å². The summed E-state index contributed by atoms with van der Waals surface area (Å²) >= 11 is 0. The van der Waals surface area contributed by atoms with Crippen LogP contribution < -0.4 is 16.5 Å². The highest BCUT2D eigenvalue weighted by Gasteiger charge is 2.15. The van der Waals surface area contributed by atoms with Crippen molar-refractivity contribution in [3.05, 3.63) is 59.7 Å². The molecule has 0 aliphatic rings. The predicted octanol–water partition coefficient (Wildman–Crippen LogP) is 2.40. The van der Waals surface area contributed by atoms with E-state index in [1.165, 1.54) is 16.7 Å². The molecule has 0 saturated carbocycles. The van der Waals surface area contributed by atoms with Crippen LogP contribution >= 0.6 is 0 Å². The number of amides is 1. The molecule has 5 nitrogen and oxygen atoms in total. The van der Waals surface area contributed by atoms with E-state index in [-0.39, 0.29) is 12.5 Å². The second-order valence-electron chi connectivity index (χ2n) is 5.82. The predicted molar refractivity (Wildman–Crippen MR) is 101 cm³/mol. The molecule has 0 radical (unpaired) electrons. The molecule has 0 unspecified atom stereocenters. The fraction of sp³-hybridized carbons (Fsp3) is 0.350. The van der Waals surface area contributed by atoms with Gasteiger partial charge in [0.1, 0.15) is 6.04 Å². The Hall–Kier alpha value is -2.21. The Morgan fingerprint density at radius 3 is 2.04 bits per heavy atom. The highest BCUT2D eigenvalue weighted by molar-refractivity contribution is 5.81. The van der Waals surface area contributed by atoms with Gasteiger partial charge in [0, 0.05) is 13.1 Å². The van der Waals surface area contributed by atoms with Crippen LogP contribution in [0.1, 0.15) is 25.0 Å². The maximum absolute atomic E-state index is 11.9. The Morgan fingerprint density at radius 2 is 1.56 bits per heavy atom. The second-order valence-corrected chi connectivity index (χ2v) is 5.82. The van der Waals surface area contributed by atoms with Gasteiger partial charge in [-0.1, -0.05) is 55.5 Å². The maximum Gasteiger partial charge on any atom is 0.261 e. The molecule has 0 aromatic heterocycles. The summed E-state index contributed by atoms with van der Waals surface area (Å²) in [4.78, 5) is 16.8. The summed E-state index contributed by atoms with van der Waals surface area (Å²) in [6.45, 7) is 5.16. The quantitative estimate of drug-likeness (QED) is 0.612. The molecule has 0 fully saturated rings. The molecule has 0 bridgehead atoms. The van der Waals surface area contributed by atoms with Crippen LogP contribution in [0.25, 0.3) is 11.1 Å². The van der Waals surface area contributed by atoms with Crippen molar-refractivity contribution >= 4 is 5.91 Å². The van der Waals surface area contributed by atoms with Crippen molar-refractivity contribution in [2.45, 2.75) is 32.9 Å². The van der Waals surface area contributed by atoms with Crippen molar-refractivity contribution < 1.29 is 9.63 Å². The van der Waals surface area contributed by atoms with Crippen molar-refractivity contribution in [1.82, 2.24) is 10.8 Å². The first-order valence-corrected chi connectivity index (χ1v) is 8.71. The van der Waals surface area contributed by atoms with Gasteiger partial charge in [-0.25, -0.2) is 5.48 Å². The number of hydrogen-bond acceptors (Lipinski definition) is 4. The number of benzene rings is 2. The maximum atomic E-state index is 11.9. The summed E-state index contributed by atoms with van der Waals surface area (Å²) in [5, 5.41) is 3.15. The first-order chi connectivity index (χ1) is 12.2. The lowest BCUT2D eigenvalue weighted by molar-refractivity contribution is -0.135. The highest BCUT2D eigenvalue weighted by atomic mass is 16.6. The van der Waals surface area contributed by atoms with Crippen molar-refractivity contribution in [1.29, 1.82) is 0 Å². The fourth-order valence-electron chi connectivity index (χ4n) is 2.49. The van der Waals surface area contributed by atoms with Crippen LogP contribution in [0.2, 0.25) is 0 Å². The molecule has 0 aliphatic carbocycles. The van der Waals surface area contributed by atoms with Crippen molar-refractivity contribution in [3.8, 4) is 11.1 Å². The topological polar surface area (TPSA) is 76.4 Å². The van der Waals surface area contributed by atoms with Crippen LogP contribution in [-0.4, -0.2) is 25.1 Å². The SMILES string of the molecule is CCONC(=O)[C@H](CN)NCc1ccc(-c2ccc(CC)cc2)cc1. The monoisotopic (exact) mass is 341 g/mol. The van der Waals surface area contributed by atoms with Crippen molar-refractivity contribution in [2.24, 2.45) is 5.73 Å². The molecule has 2 rings (SSSR count). The minimum absolute atomic E-state index is 0.209. The molecule has 2 aromatic rings. The van der Waals surface area contributed by atoms with Crippen LogP contribution in [0.4, 0.5) is 0 Å². The zero-order valence-corrected chi connectivity index (χ0v) is 14.9. The number of nitrogens with one attached hydrogen (secondary N) is 2. The first kappa shape index (κ1) is 19.1. The summed E-state index contributed by atoms with van der Waals surface area (Å²) < 4.78 is 0. The average Bonchev–Trinajstić information content (AvgIpc) is 2.67. The van der Waals surface area contributed by atoms with E-state index >= 15 is 0 Å². The Bertz CT molecular complexity index is 654. The van der Waals surface area contributed by atoms with Crippen LogP contribution in [0, 0.1) is 0 Å². The molecule has 0 aliphatic heterocycles. The minimum atomic E-state index is -0.479. The Balaban J connectivity index is 1.93. The largest absolute Gasteiger partial charge is 0.328 e. The number of carbonyl (C=O) groups excluding carboxylic acids is 1. The number of hydroxylamine groups is 1. The van der Waals surface area contributed by atoms with Crippen molar-refractivity contribution in [3.63, 3.8) is 0 Å². The highest BCUT2D eigenvalue weighted by Crippen LogP contribution is 2.20. The molecule has 1 atom stereocenters.